The van der Waals surface area contributed by atoms with E-state index in [0.717, 1.165) is 21.1 Å². The number of pyridine rings is 1. The molecule has 0 aliphatic heterocycles. The molecule has 0 aliphatic rings. The number of rotatable bonds is 3. The zero-order valence-electron chi connectivity index (χ0n) is 10.5. The molecular weight excluding hydrogens is 356 g/mol. The molecule has 0 bridgehead atoms. The lowest BCUT2D eigenvalue weighted by atomic mass is 10.2. The minimum absolute atomic E-state index is 0.110. The lowest BCUT2D eigenvalue weighted by Crippen LogP contribution is -2.01. The molecule has 1 N–H and O–H groups in total. The van der Waals surface area contributed by atoms with Gasteiger partial charge in [-0.3, -0.25) is 9.78 Å². The van der Waals surface area contributed by atoms with Crippen molar-refractivity contribution in [1.82, 2.24) is 15.0 Å². The van der Waals surface area contributed by atoms with E-state index in [2.05, 4.69) is 36.2 Å². The zero-order chi connectivity index (χ0) is 14.8. The first-order valence-electron chi connectivity index (χ1n) is 5.96. The van der Waals surface area contributed by atoms with Crippen LogP contribution >= 0.6 is 27.5 Å². The monoisotopic (exact) mass is 362 g/mol. The lowest BCUT2D eigenvalue weighted by Gasteiger charge is -2.10. The normalized spacial score (nSPS) is 10.6. The summed E-state index contributed by atoms with van der Waals surface area (Å²) in [7, 11) is 0. The molecule has 0 amide bonds. The van der Waals surface area contributed by atoms with E-state index in [9.17, 15) is 4.79 Å². The van der Waals surface area contributed by atoms with Gasteiger partial charge in [0.05, 0.1) is 16.8 Å². The molecule has 0 fully saturated rings. The summed E-state index contributed by atoms with van der Waals surface area (Å²) in [6.45, 7) is 0. The van der Waals surface area contributed by atoms with E-state index in [1.165, 1.54) is 6.33 Å². The van der Waals surface area contributed by atoms with Crippen LogP contribution < -0.4 is 5.32 Å². The van der Waals surface area contributed by atoms with E-state index in [0.29, 0.717) is 12.1 Å². The number of aromatic nitrogens is 3. The third-order valence-electron chi connectivity index (χ3n) is 2.88. The van der Waals surface area contributed by atoms with E-state index >= 15 is 0 Å². The predicted octanol–water partition coefficient (Wildman–Crippen LogP) is 4.00. The maximum absolute atomic E-state index is 11.1. The smallest absolute Gasteiger partial charge is 0.156 e. The van der Waals surface area contributed by atoms with Crippen molar-refractivity contribution in [3.8, 4) is 0 Å². The van der Waals surface area contributed by atoms with Crippen LogP contribution in [-0.4, -0.2) is 21.2 Å². The number of carbonyl (C=O) groups excluding carboxylic acids is 1. The Labute approximate surface area is 133 Å². The highest BCUT2D eigenvalue weighted by Gasteiger charge is 2.11. The van der Waals surface area contributed by atoms with Gasteiger partial charge in [0.2, 0.25) is 0 Å². The van der Waals surface area contributed by atoms with Crippen LogP contribution in [0.25, 0.3) is 10.9 Å². The van der Waals surface area contributed by atoms with Crippen molar-refractivity contribution in [2.24, 2.45) is 0 Å². The average Bonchev–Trinajstić information content (AvgIpc) is 2.47. The summed E-state index contributed by atoms with van der Waals surface area (Å²) in [5.41, 5.74) is 1.72. The van der Waals surface area contributed by atoms with E-state index in [1.807, 2.05) is 24.3 Å². The van der Waals surface area contributed by atoms with Crippen LogP contribution in [0.4, 0.5) is 11.5 Å². The summed E-state index contributed by atoms with van der Waals surface area (Å²) >= 11 is 9.28. The van der Waals surface area contributed by atoms with Gasteiger partial charge >= 0.3 is 0 Å². The predicted molar refractivity (Wildman–Crippen MR) is 85.2 cm³/mol. The largest absolute Gasteiger partial charge is 0.338 e. The minimum Gasteiger partial charge on any atom is -0.338 e. The summed E-state index contributed by atoms with van der Waals surface area (Å²) in [5, 5.41) is 4.15. The van der Waals surface area contributed by atoms with Gasteiger partial charge < -0.3 is 5.32 Å². The molecule has 0 saturated carbocycles. The quantitative estimate of drug-likeness (QED) is 0.563. The maximum atomic E-state index is 11.1. The highest BCUT2D eigenvalue weighted by atomic mass is 79.9. The van der Waals surface area contributed by atoms with E-state index in [-0.39, 0.29) is 10.7 Å². The van der Waals surface area contributed by atoms with Crippen molar-refractivity contribution in [1.29, 1.82) is 0 Å². The van der Waals surface area contributed by atoms with Gasteiger partial charge in [-0.2, -0.15) is 0 Å². The third kappa shape index (κ3) is 2.72. The fraction of sp³-hybridized carbons (Fsp3) is 0. The molecule has 0 spiro atoms. The van der Waals surface area contributed by atoms with Crippen molar-refractivity contribution >= 4 is 56.2 Å². The highest BCUT2D eigenvalue weighted by Crippen LogP contribution is 2.28. The molecule has 0 saturated heterocycles. The SMILES string of the molecule is O=Cc1c(Cl)ncnc1Nc1cccc2cc(Br)cnc12. The first kappa shape index (κ1) is 13.9. The van der Waals surface area contributed by atoms with Gasteiger partial charge in [-0.05, 0) is 28.1 Å². The second-order valence-corrected chi connectivity index (χ2v) is 5.47. The number of fused-ring (bicyclic) bond motifs is 1. The fourth-order valence-corrected chi connectivity index (χ4v) is 2.47. The van der Waals surface area contributed by atoms with Gasteiger partial charge in [0.25, 0.3) is 0 Å². The Hall–Kier alpha value is -2.05. The van der Waals surface area contributed by atoms with Gasteiger partial charge in [0.15, 0.2) is 6.29 Å². The first-order valence-corrected chi connectivity index (χ1v) is 7.13. The molecular formula is C14H8BrClN4O. The second kappa shape index (κ2) is 5.75. The molecule has 104 valence electrons. The van der Waals surface area contributed by atoms with Crippen LogP contribution in [0.15, 0.2) is 41.3 Å². The number of hydrogen-bond acceptors (Lipinski definition) is 5. The molecule has 3 aromatic rings. The van der Waals surface area contributed by atoms with Gasteiger partial charge in [-0.15, -0.1) is 0 Å². The Balaban J connectivity index is 2.11. The lowest BCUT2D eigenvalue weighted by molar-refractivity contribution is 0.112. The molecule has 0 atom stereocenters. The molecule has 0 aliphatic carbocycles. The Morgan fingerprint density at radius 1 is 1.24 bits per heavy atom. The van der Waals surface area contributed by atoms with Crippen LogP contribution in [0.2, 0.25) is 5.15 Å². The van der Waals surface area contributed by atoms with Gasteiger partial charge in [-0.1, -0.05) is 23.7 Å². The first-order chi connectivity index (χ1) is 10.2. The van der Waals surface area contributed by atoms with Crippen molar-refractivity contribution in [3.63, 3.8) is 0 Å². The fourth-order valence-electron chi connectivity index (χ4n) is 1.94. The molecule has 2 aromatic heterocycles. The van der Waals surface area contributed by atoms with Gasteiger partial charge in [0, 0.05) is 16.1 Å². The van der Waals surface area contributed by atoms with Crippen molar-refractivity contribution in [2.45, 2.75) is 0 Å². The summed E-state index contributed by atoms with van der Waals surface area (Å²) in [6.07, 6.45) is 3.63. The average molecular weight is 364 g/mol. The summed E-state index contributed by atoms with van der Waals surface area (Å²) in [4.78, 5) is 23.3. The van der Waals surface area contributed by atoms with E-state index in [1.54, 1.807) is 6.20 Å². The maximum Gasteiger partial charge on any atom is 0.156 e. The number of aldehydes is 1. The topological polar surface area (TPSA) is 67.8 Å². The van der Waals surface area contributed by atoms with Crippen LogP contribution in [0.5, 0.6) is 0 Å². The summed E-state index contributed by atoms with van der Waals surface area (Å²) < 4.78 is 0.894. The van der Waals surface area contributed by atoms with Crippen LogP contribution in [0.3, 0.4) is 0 Å². The molecule has 21 heavy (non-hydrogen) atoms. The Bertz CT molecular complexity index is 840. The Morgan fingerprint density at radius 3 is 2.90 bits per heavy atom. The van der Waals surface area contributed by atoms with Crippen LogP contribution in [0.1, 0.15) is 10.4 Å². The molecule has 5 nitrogen and oxygen atoms in total. The molecule has 3 rings (SSSR count). The van der Waals surface area contributed by atoms with Crippen LogP contribution in [0, 0.1) is 0 Å². The number of carbonyl (C=O) groups is 1. The number of benzene rings is 1. The number of hydrogen-bond donors (Lipinski definition) is 1. The Kier molecular flexibility index (Phi) is 3.81. The number of para-hydroxylation sites is 1. The van der Waals surface area contributed by atoms with Gasteiger partial charge in [0.1, 0.15) is 17.3 Å². The van der Waals surface area contributed by atoms with Crippen molar-refractivity contribution in [3.05, 3.63) is 52.0 Å². The number of anilines is 2. The zero-order valence-corrected chi connectivity index (χ0v) is 12.9. The third-order valence-corrected chi connectivity index (χ3v) is 3.62. The number of nitrogens with one attached hydrogen (secondary N) is 1. The van der Waals surface area contributed by atoms with E-state index in [4.69, 9.17) is 11.6 Å². The highest BCUT2D eigenvalue weighted by molar-refractivity contribution is 9.10. The minimum atomic E-state index is 0.110. The van der Waals surface area contributed by atoms with Crippen LogP contribution in [-0.2, 0) is 0 Å². The molecule has 0 unspecified atom stereocenters. The number of halogens is 2. The molecule has 0 radical (unpaired) electrons. The molecule has 2 heterocycles. The summed E-state index contributed by atoms with van der Waals surface area (Å²) in [6, 6.07) is 7.66. The molecule has 1 aromatic carbocycles. The standard InChI is InChI=1S/C14H8BrClN4O/c15-9-4-8-2-1-3-11(12(8)17-5-9)20-14-10(6-21)13(16)18-7-19-14/h1-7H,(H,18,19,20). The van der Waals surface area contributed by atoms with E-state index < -0.39 is 0 Å². The van der Waals surface area contributed by atoms with Crippen molar-refractivity contribution in [2.75, 3.05) is 5.32 Å². The second-order valence-electron chi connectivity index (χ2n) is 4.20. The summed E-state index contributed by atoms with van der Waals surface area (Å²) in [5.74, 6) is 0.349. The Morgan fingerprint density at radius 2 is 2.10 bits per heavy atom. The van der Waals surface area contributed by atoms with Gasteiger partial charge in [-0.25, -0.2) is 9.97 Å². The molecule has 7 heteroatoms. The number of nitrogens with zero attached hydrogens (tertiary/aromatic N) is 3. The van der Waals surface area contributed by atoms with Crippen molar-refractivity contribution < 1.29 is 4.79 Å².